The van der Waals surface area contributed by atoms with E-state index in [0.717, 1.165) is 60.7 Å². The highest BCUT2D eigenvalue weighted by Crippen LogP contribution is 2.40. The summed E-state index contributed by atoms with van der Waals surface area (Å²) in [6.07, 6.45) is 9.29. The van der Waals surface area contributed by atoms with Gasteiger partial charge in [0.15, 0.2) is 17.9 Å². The molecule has 3 heterocycles. The van der Waals surface area contributed by atoms with Gasteiger partial charge in [-0.1, -0.05) is 35.7 Å². The lowest BCUT2D eigenvalue weighted by Crippen LogP contribution is -2.33. The maximum atomic E-state index is 8.29. The van der Waals surface area contributed by atoms with Crippen LogP contribution in [0.2, 0.25) is 0 Å². The first kappa shape index (κ1) is 30.1. The SMILES string of the molecule is C=NC(=N)C(=CC(C)=C1NC=C(C2CCN(C)CC2)S1)OCc1cccc(C#CC(C)(C)OC2CCCCO2)c1. The van der Waals surface area contributed by atoms with Crippen molar-refractivity contribution in [3.05, 3.63) is 68.9 Å². The summed E-state index contributed by atoms with van der Waals surface area (Å²) in [7, 11) is 2.18. The van der Waals surface area contributed by atoms with Crippen LogP contribution in [-0.4, -0.2) is 56.1 Å². The van der Waals surface area contributed by atoms with E-state index in [1.165, 1.54) is 17.7 Å². The molecule has 4 rings (SSSR count). The number of likely N-dealkylation sites (tertiary alicyclic amines) is 1. The number of thioether (sulfide) groups is 1. The lowest BCUT2D eigenvalue weighted by molar-refractivity contribution is -0.199. The second-order valence-corrected chi connectivity index (χ2v) is 12.1. The molecule has 0 bridgehead atoms. The molecule has 0 aromatic heterocycles. The van der Waals surface area contributed by atoms with E-state index < -0.39 is 5.60 Å². The van der Waals surface area contributed by atoms with Crippen molar-refractivity contribution in [1.82, 2.24) is 10.2 Å². The topological polar surface area (TPSA) is 79.2 Å². The van der Waals surface area contributed by atoms with Gasteiger partial charge in [0.1, 0.15) is 12.2 Å². The van der Waals surface area contributed by atoms with Crippen molar-refractivity contribution in [2.75, 3.05) is 26.7 Å². The van der Waals surface area contributed by atoms with Crippen LogP contribution in [0.5, 0.6) is 0 Å². The minimum absolute atomic E-state index is 0.00576. The van der Waals surface area contributed by atoms with Gasteiger partial charge in [0.05, 0.1) is 5.03 Å². The third-order valence-corrected chi connectivity index (χ3v) is 8.51. The van der Waals surface area contributed by atoms with Gasteiger partial charge in [-0.2, -0.15) is 0 Å². The summed E-state index contributed by atoms with van der Waals surface area (Å²) in [6, 6.07) is 7.92. The van der Waals surface area contributed by atoms with E-state index in [1.54, 1.807) is 11.8 Å². The van der Waals surface area contributed by atoms with Crippen molar-refractivity contribution in [3.8, 4) is 11.8 Å². The van der Waals surface area contributed by atoms with Crippen LogP contribution in [0.3, 0.4) is 0 Å². The first-order valence-corrected chi connectivity index (χ1v) is 14.9. The number of amidine groups is 1. The van der Waals surface area contributed by atoms with Crippen LogP contribution < -0.4 is 5.32 Å². The molecule has 0 radical (unpaired) electrons. The van der Waals surface area contributed by atoms with E-state index in [9.17, 15) is 0 Å². The van der Waals surface area contributed by atoms with Crippen molar-refractivity contribution < 1.29 is 14.2 Å². The zero-order chi connectivity index (χ0) is 28.5. The molecule has 0 amide bonds. The number of benzene rings is 1. The van der Waals surface area contributed by atoms with Crippen LogP contribution in [0.15, 0.2) is 62.8 Å². The number of nitrogens with zero attached hydrogens (tertiary/aromatic N) is 2. The van der Waals surface area contributed by atoms with Crippen molar-refractivity contribution in [3.63, 3.8) is 0 Å². The smallest absolute Gasteiger partial charge is 0.186 e. The summed E-state index contributed by atoms with van der Waals surface area (Å²) >= 11 is 1.78. The van der Waals surface area contributed by atoms with E-state index in [-0.39, 0.29) is 18.7 Å². The maximum absolute atomic E-state index is 8.29. The molecule has 2 N–H and O–H groups in total. The standard InChI is InChI=1S/C32H42N4O3S/c1-23(31-35-21-28(40-31)26-13-16-36(5)17-14-26)19-27(30(33)34-4)38-22-25-10-8-9-24(20-25)12-15-32(2,3)39-29-11-6-7-18-37-29/h8-10,19-21,26,29,33,35H,4,6-7,11,13-14,16-18,22H2,1-3,5H3. The maximum Gasteiger partial charge on any atom is 0.186 e. The Hall–Kier alpha value is -2.83. The van der Waals surface area contributed by atoms with Gasteiger partial charge in [-0.3, -0.25) is 5.41 Å². The van der Waals surface area contributed by atoms with Gasteiger partial charge in [0, 0.05) is 23.3 Å². The lowest BCUT2D eigenvalue weighted by Gasteiger charge is -2.29. The first-order valence-electron chi connectivity index (χ1n) is 14.1. The van der Waals surface area contributed by atoms with Crippen molar-refractivity contribution in [2.24, 2.45) is 10.9 Å². The summed E-state index contributed by atoms with van der Waals surface area (Å²) in [5, 5.41) is 12.8. The fourth-order valence-electron chi connectivity index (χ4n) is 4.81. The predicted molar refractivity (Wildman–Crippen MR) is 164 cm³/mol. The molecular weight excluding hydrogens is 520 g/mol. The normalized spacial score (nSPS) is 22.1. The number of hydrogen-bond donors (Lipinski definition) is 2. The number of aliphatic imine (C=N–C) groups is 1. The Kier molecular flexibility index (Phi) is 10.7. The molecule has 0 saturated carbocycles. The highest BCUT2D eigenvalue weighted by atomic mass is 32.2. The fraction of sp³-hybridized carbons (Fsp3) is 0.500. The highest BCUT2D eigenvalue weighted by molar-refractivity contribution is 8.07. The second-order valence-electron chi connectivity index (χ2n) is 11.1. The third kappa shape index (κ3) is 8.84. The van der Waals surface area contributed by atoms with Crippen LogP contribution in [0.25, 0.3) is 0 Å². The zero-order valence-corrected chi connectivity index (χ0v) is 25.0. The van der Waals surface area contributed by atoms with E-state index in [4.69, 9.17) is 19.6 Å². The molecule has 1 unspecified atom stereocenters. The van der Waals surface area contributed by atoms with Crippen molar-refractivity contribution in [1.29, 1.82) is 5.41 Å². The number of nitrogens with one attached hydrogen (secondary N) is 2. The number of rotatable bonds is 8. The Balaban J connectivity index is 1.38. The minimum Gasteiger partial charge on any atom is -0.485 e. The third-order valence-electron chi connectivity index (χ3n) is 7.18. The number of piperidine rings is 1. The van der Waals surface area contributed by atoms with Crippen LogP contribution in [0.1, 0.15) is 64.0 Å². The molecular formula is C32H42N4O3S. The quantitative estimate of drug-likeness (QED) is 0.170. The summed E-state index contributed by atoms with van der Waals surface area (Å²) in [5.41, 5.74) is 2.21. The van der Waals surface area contributed by atoms with Crippen molar-refractivity contribution >= 4 is 24.3 Å². The largest absolute Gasteiger partial charge is 0.485 e. The van der Waals surface area contributed by atoms with E-state index in [1.807, 2.05) is 51.1 Å². The molecule has 1 aromatic rings. The van der Waals surface area contributed by atoms with Crippen molar-refractivity contribution in [2.45, 2.75) is 71.4 Å². The molecule has 40 heavy (non-hydrogen) atoms. The molecule has 0 spiro atoms. The molecule has 1 atom stereocenters. The monoisotopic (exact) mass is 562 g/mol. The van der Waals surface area contributed by atoms with Gasteiger partial charge in [-0.05, 0) is 115 Å². The molecule has 1 aromatic carbocycles. The fourth-order valence-corrected chi connectivity index (χ4v) is 5.90. The van der Waals surface area contributed by atoms with Crippen LogP contribution in [0, 0.1) is 23.2 Å². The van der Waals surface area contributed by atoms with Crippen LogP contribution in [0.4, 0.5) is 0 Å². The molecule has 3 aliphatic rings. The molecule has 0 aliphatic carbocycles. The summed E-state index contributed by atoms with van der Waals surface area (Å²) in [5.74, 6) is 7.47. The summed E-state index contributed by atoms with van der Waals surface area (Å²) in [6.45, 7) is 12.8. The molecule has 2 fully saturated rings. The Morgan fingerprint density at radius 2 is 2.10 bits per heavy atom. The zero-order valence-electron chi connectivity index (χ0n) is 24.2. The minimum atomic E-state index is -0.617. The van der Waals surface area contributed by atoms with E-state index >= 15 is 0 Å². The number of ether oxygens (including phenoxy) is 3. The predicted octanol–water partition coefficient (Wildman–Crippen LogP) is 6.19. The van der Waals surface area contributed by atoms with Gasteiger partial charge >= 0.3 is 0 Å². The Morgan fingerprint density at radius 3 is 2.83 bits per heavy atom. The van der Waals surface area contributed by atoms with E-state index in [2.05, 4.69) is 47.0 Å². The van der Waals surface area contributed by atoms with Crippen LogP contribution in [-0.2, 0) is 20.8 Å². The number of allylic oxidation sites excluding steroid dienone is 3. The molecule has 8 heteroatoms. The van der Waals surface area contributed by atoms with Gasteiger partial charge in [0.2, 0.25) is 0 Å². The number of hydrogen-bond acceptors (Lipinski definition) is 7. The average molecular weight is 563 g/mol. The second kappa shape index (κ2) is 14.2. The Labute approximate surface area is 243 Å². The van der Waals surface area contributed by atoms with Gasteiger partial charge in [-0.25, -0.2) is 4.99 Å². The van der Waals surface area contributed by atoms with E-state index in [0.29, 0.717) is 11.7 Å². The molecule has 214 valence electrons. The Bertz CT molecular complexity index is 1230. The summed E-state index contributed by atoms with van der Waals surface area (Å²) in [4.78, 5) is 7.59. The molecule has 2 saturated heterocycles. The van der Waals surface area contributed by atoms with Crippen LogP contribution >= 0.6 is 11.8 Å². The summed E-state index contributed by atoms with van der Waals surface area (Å²) < 4.78 is 17.9. The Morgan fingerprint density at radius 1 is 1.30 bits per heavy atom. The molecule has 3 aliphatic heterocycles. The highest BCUT2D eigenvalue weighted by Gasteiger charge is 2.26. The average Bonchev–Trinajstić information content (AvgIpc) is 3.45. The van der Waals surface area contributed by atoms with Gasteiger partial charge in [0.25, 0.3) is 0 Å². The van der Waals surface area contributed by atoms with Gasteiger partial charge < -0.3 is 24.4 Å². The lowest BCUT2D eigenvalue weighted by atomic mass is 9.97. The van der Waals surface area contributed by atoms with Gasteiger partial charge in [-0.15, -0.1) is 0 Å². The molecule has 7 nitrogen and oxygen atoms in total. The first-order chi connectivity index (χ1) is 19.2.